The number of aryl methyl sites for hydroxylation is 1. The van der Waals surface area contributed by atoms with Crippen molar-refractivity contribution in [3.8, 4) is 0 Å². The SMILES string of the molecule is CCCCNC(=O)[C@H](CC)N(Cc1ccccc1C)C(=O)CN(c1cccc(Cl)c1)S(=O)(=O)c1ccc(Cl)cc1. The minimum Gasteiger partial charge on any atom is -0.354 e. The van der Waals surface area contributed by atoms with Gasteiger partial charge in [-0.25, -0.2) is 8.42 Å². The molecule has 0 radical (unpaired) electrons. The molecular weight excluding hydrogens is 569 g/mol. The molecule has 0 fully saturated rings. The number of rotatable bonds is 13. The number of hydrogen-bond acceptors (Lipinski definition) is 4. The van der Waals surface area contributed by atoms with E-state index in [2.05, 4.69) is 5.32 Å². The highest BCUT2D eigenvalue weighted by molar-refractivity contribution is 7.92. The molecule has 0 heterocycles. The van der Waals surface area contributed by atoms with Gasteiger partial charge in [-0.05, 0) is 73.4 Å². The van der Waals surface area contributed by atoms with Crippen LogP contribution in [0.2, 0.25) is 10.0 Å². The van der Waals surface area contributed by atoms with Gasteiger partial charge in [0.1, 0.15) is 12.6 Å². The quantitative estimate of drug-likeness (QED) is 0.235. The summed E-state index contributed by atoms with van der Waals surface area (Å²) in [4.78, 5) is 28.8. The average molecular weight is 605 g/mol. The van der Waals surface area contributed by atoms with E-state index in [9.17, 15) is 18.0 Å². The third-order valence-electron chi connectivity index (χ3n) is 6.59. The highest BCUT2D eigenvalue weighted by atomic mass is 35.5. The van der Waals surface area contributed by atoms with Crippen LogP contribution in [0.1, 0.15) is 44.2 Å². The fraction of sp³-hybridized carbons (Fsp3) is 0.333. The summed E-state index contributed by atoms with van der Waals surface area (Å²) in [6, 6.07) is 18.9. The molecule has 0 saturated carbocycles. The van der Waals surface area contributed by atoms with E-state index in [-0.39, 0.29) is 23.0 Å². The highest BCUT2D eigenvalue weighted by Gasteiger charge is 2.33. The summed E-state index contributed by atoms with van der Waals surface area (Å²) in [6.07, 6.45) is 2.09. The van der Waals surface area contributed by atoms with E-state index in [1.165, 1.54) is 35.2 Å². The Bertz CT molecular complexity index is 1410. The molecule has 0 aliphatic heterocycles. The minimum absolute atomic E-state index is 0.0283. The van der Waals surface area contributed by atoms with Crippen LogP contribution in [0.15, 0.2) is 77.7 Å². The zero-order chi connectivity index (χ0) is 29.3. The third-order valence-corrected chi connectivity index (χ3v) is 8.87. The molecule has 1 atom stereocenters. The Morgan fingerprint density at radius 3 is 2.25 bits per heavy atom. The second-order valence-corrected chi connectivity index (χ2v) is 12.2. The number of halogens is 2. The molecule has 10 heteroatoms. The molecule has 0 aliphatic carbocycles. The largest absolute Gasteiger partial charge is 0.354 e. The number of carbonyl (C=O) groups excluding carboxylic acids is 2. The van der Waals surface area contributed by atoms with Gasteiger partial charge in [-0.2, -0.15) is 0 Å². The molecule has 2 amide bonds. The molecule has 0 aromatic heterocycles. The molecule has 3 aromatic rings. The fourth-order valence-corrected chi connectivity index (χ4v) is 6.01. The monoisotopic (exact) mass is 603 g/mol. The average Bonchev–Trinajstić information content (AvgIpc) is 2.92. The fourth-order valence-electron chi connectivity index (χ4n) is 4.29. The highest BCUT2D eigenvalue weighted by Crippen LogP contribution is 2.28. The topological polar surface area (TPSA) is 86.8 Å². The van der Waals surface area contributed by atoms with Crippen LogP contribution < -0.4 is 9.62 Å². The molecule has 0 bridgehead atoms. The van der Waals surface area contributed by atoms with Gasteiger partial charge in [-0.1, -0.05) is 73.8 Å². The van der Waals surface area contributed by atoms with Crippen molar-refractivity contribution in [2.75, 3.05) is 17.4 Å². The summed E-state index contributed by atoms with van der Waals surface area (Å²) in [5.41, 5.74) is 2.06. The van der Waals surface area contributed by atoms with Crippen LogP contribution in [0.4, 0.5) is 5.69 Å². The van der Waals surface area contributed by atoms with E-state index >= 15 is 0 Å². The molecule has 0 saturated heterocycles. The first-order valence-electron chi connectivity index (χ1n) is 13.2. The van der Waals surface area contributed by atoms with E-state index < -0.39 is 28.5 Å². The molecular formula is C30H35Cl2N3O4S. The maximum Gasteiger partial charge on any atom is 0.264 e. The number of hydrogen-bond donors (Lipinski definition) is 1. The zero-order valence-corrected chi connectivity index (χ0v) is 25.3. The maximum atomic E-state index is 14.1. The van der Waals surface area contributed by atoms with Crippen molar-refractivity contribution in [2.45, 2.75) is 57.5 Å². The predicted octanol–water partition coefficient (Wildman–Crippen LogP) is 6.22. The van der Waals surface area contributed by atoms with E-state index in [0.717, 1.165) is 28.3 Å². The summed E-state index contributed by atoms with van der Waals surface area (Å²) in [5.74, 6) is -0.786. The van der Waals surface area contributed by atoms with Crippen molar-refractivity contribution in [2.24, 2.45) is 0 Å². The van der Waals surface area contributed by atoms with Crippen LogP contribution in [-0.2, 0) is 26.2 Å². The lowest BCUT2D eigenvalue weighted by atomic mass is 10.1. The van der Waals surface area contributed by atoms with Gasteiger partial charge < -0.3 is 10.2 Å². The maximum absolute atomic E-state index is 14.1. The minimum atomic E-state index is -4.20. The van der Waals surface area contributed by atoms with Gasteiger partial charge in [0, 0.05) is 23.1 Å². The first-order chi connectivity index (χ1) is 19.1. The normalized spacial score (nSPS) is 12.0. The lowest BCUT2D eigenvalue weighted by molar-refractivity contribution is -0.140. The summed E-state index contributed by atoms with van der Waals surface area (Å²) in [6.45, 7) is 5.91. The van der Waals surface area contributed by atoms with Crippen molar-refractivity contribution in [3.05, 3.63) is 94.0 Å². The molecule has 3 rings (SSSR count). The summed E-state index contributed by atoms with van der Waals surface area (Å²) < 4.78 is 28.8. The van der Waals surface area contributed by atoms with Crippen molar-refractivity contribution in [3.63, 3.8) is 0 Å². The summed E-state index contributed by atoms with van der Waals surface area (Å²) >= 11 is 12.2. The summed E-state index contributed by atoms with van der Waals surface area (Å²) in [7, 11) is -4.20. The van der Waals surface area contributed by atoms with Crippen LogP contribution in [-0.4, -0.2) is 44.3 Å². The van der Waals surface area contributed by atoms with Gasteiger partial charge in [0.05, 0.1) is 10.6 Å². The Labute approximate surface area is 247 Å². The van der Waals surface area contributed by atoms with Gasteiger partial charge in [-0.3, -0.25) is 13.9 Å². The number of nitrogens with zero attached hydrogens (tertiary/aromatic N) is 2. The van der Waals surface area contributed by atoms with E-state index in [4.69, 9.17) is 23.2 Å². The Kier molecular flexibility index (Phi) is 11.4. The van der Waals surface area contributed by atoms with Crippen molar-refractivity contribution >= 4 is 50.7 Å². The van der Waals surface area contributed by atoms with E-state index in [1.54, 1.807) is 18.2 Å². The van der Waals surface area contributed by atoms with Gasteiger partial charge in [0.2, 0.25) is 11.8 Å². The Hall–Kier alpha value is -3.07. The predicted molar refractivity (Wildman–Crippen MR) is 161 cm³/mol. The van der Waals surface area contributed by atoms with Gasteiger partial charge in [-0.15, -0.1) is 0 Å². The van der Waals surface area contributed by atoms with E-state index in [0.29, 0.717) is 23.0 Å². The standard InChI is InChI=1S/C30H35Cl2N3O4S/c1-4-6-18-33-30(37)28(5-2)34(20-23-11-8-7-10-22(23)3)29(36)21-35(26-13-9-12-25(32)19-26)40(38,39)27-16-14-24(31)15-17-27/h7-17,19,28H,4-6,18,20-21H2,1-3H3,(H,33,37)/t28-/m0/s1. The Morgan fingerprint density at radius 1 is 0.925 bits per heavy atom. The van der Waals surface area contributed by atoms with Gasteiger partial charge >= 0.3 is 0 Å². The van der Waals surface area contributed by atoms with Crippen LogP contribution in [0.25, 0.3) is 0 Å². The lowest BCUT2D eigenvalue weighted by Gasteiger charge is -2.33. The zero-order valence-electron chi connectivity index (χ0n) is 22.9. The summed E-state index contributed by atoms with van der Waals surface area (Å²) in [5, 5.41) is 3.63. The third kappa shape index (κ3) is 7.99. The first kappa shape index (κ1) is 31.5. The molecule has 0 spiro atoms. The second kappa shape index (κ2) is 14.5. The Balaban J connectivity index is 2.05. The number of amides is 2. The second-order valence-electron chi connectivity index (χ2n) is 9.46. The molecule has 40 heavy (non-hydrogen) atoms. The van der Waals surface area contributed by atoms with E-state index in [1.807, 2.05) is 45.0 Å². The number of anilines is 1. The lowest BCUT2D eigenvalue weighted by Crippen LogP contribution is -2.52. The molecule has 214 valence electrons. The molecule has 0 aliphatic rings. The molecule has 7 nitrogen and oxygen atoms in total. The van der Waals surface area contributed by atoms with Crippen LogP contribution in [0.3, 0.4) is 0 Å². The number of benzene rings is 3. The number of unbranched alkanes of at least 4 members (excludes halogenated alkanes) is 1. The van der Waals surface area contributed by atoms with Crippen molar-refractivity contribution in [1.82, 2.24) is 10.2 Å². The number of nitrogens with one attached hydrogen (secondary N) is 1. The number of sulfonamides is 1. The van der Waals surface area contributed by atoms with Crippen molar-refractivity contribution < 1.29 is 18.0 Å². The molecule has 1 N–H and O–H groups in total. The molecule has 3 aromatic carbocycles. The Morgan fingerprint density at radius 2 is 1.62 bits per heavy atom. The van der Waals surface area contributed by atoms with Gasteiger partial charge in [0.15, 0.2) is 0 Å². The van der Waals surface area contributed by atoms with Crippen LogP contribution in [0.5, 0.6) is 0 Å². The first-order valence-corrected chi connectivity index (χ1v) is 15.4. The van der Waals surface area contributed by atoms with Crippen molar-refractivity contribution in [1.29, 1.82) is 0 Å². The van der Waals surface area contributed by atoms with Crippen LogP contribution >= 0.6 is 23.2 Å². The smallest absolute Gasteiger partial charge is 0.264 e. The van der Waals surface area contributed by atoms with Crippen LogP contribution in [0, 0.1) is 6.92 Å². The number of carbonyl (C=O) groups is 2. The molecule has 0 unspecified atom stereocenters. The van der Waals surface area contributed by atoms with Gasteiger partial charge in [0.25, 0.3) is 10.0 Å².